The summed E-state index contributed by atoms with van der Waals surface area (Å²) in [6, 6.07) is 11.9. The number of hydrogen-bond donors (Lipinski definition) is 0. The summed E-state index contributed by atoms with van der Waals surface area (Å²) < 4.78 is 33.3. The Morgan fingerprint density at radius 2 is 1.84 bits per heavy atom. The number of nitrogens with zero attached hydrogens (tertiary/aromatic N) is 3. The first-order valence-electron chi connectivity index (χ1n) is 10.5. The molecule has 1 atom stereocenters. The lowest BCUT2D eigenvalue weighted by atomic mass is 9.99. The third-order valence-corrected chi connectivity index (χ3v) is 7.39. The Bertz CT molecular complexity index is 1070. The van der Waals surface area contributed by atoms with Crippen molar-refractivity contribution in [1.29, 1.82) is 0 Å². The number of nitro benzene ring substituents is 1. The highest BCUT2D eigenvalue weighted by molar-refractivity contribution is 7.92. The molecule has 0 bridgehead atoms. The second-order valence-electron chi connectivity index (χ2n) is 7.66. The maximum atomic E-state index is 13.5. The van der Waals surface area contributed by atoms with Crippen LogP contribution < -0.4 is 4.31 Å². The Labute approximate surface area is 187 Å². The van der Waals surface area contributed by atoms with Gasteiger partial charge in [0.1, 0.15) is 6.54 Å². The van der Waals surface area contributed by atoms with Gasteiger partial charge < -0.3 is 9.64 Å². The van der Waals surface area contributed by atoms with Gasteiger partial charge in [-0.3, -0.25) is 19.2 Å². The molecule has 0 aromatic heterocycles. The van der Waals surface area contributed by atoms with E-state index in [2.05, 4.69) is 13.8 Å². The molecule has 1 saturated heterocycles. The Balaban J connectivity index is 2.00. The maximum absolute atomic E-state index is 13.5. The van der Waals surface area contributed by atoms with Gasteiger partial charge >= 0.3 is 0 Å². The number of sulfonamides is 1. The number of rotatable bonds is 8. The van der Waals surface area contributed by atoms with Crippen LogP contribution in [-0.4, -0.2) is 57.0 Å². The van der Waals surface area contributed by atoms with E-state index in [1.54, 1.807) is 17.0 Å². The van der Waals surface area contributed by atoms with Crippen LogP contribution in [0, 0.1) is 10.1 Å². The normalized spacial score (nSPS) is 15.2. The van der Waals surface area contributed by atoms with Crippen LogP contribution in [0.4, 0.5) is 11.4 Å². The van der Waals surface area contributed by atoms with E-state index in [1.807, 2.05) is 12.1 Å². The number of non-ortho nitro benzene ring substituents is 1. The van der Waals surface area contributed by atoms with Crippen molar-refractivity contribution in [3.05, 3.63) is 64.2 Å². The topological polar surface area (TPSA) is 110 Å². The number of carbonyl (C=O) groups is 1. The molecule has 0 radical (unpaired) electrons. The van der Waals surface area contributed by atoms with Crippen LogP contribution in [0.2, 0.25) is 0 Å². The first-order valence-corrected chi connectivity index (χ1v) is 11.9. The smallest absolute Gasteiger partial charge is 0.270 e. The number of anilines is 1. The molecule has 0 saturated carbocycles. The zero-order valence-corrected chi connectivity index (χ0v) is 19.0. The van der Waals surface area contributed by atoms with Crippen LogP contribution in [0.5, 0.6) is 0 Å². The van der Waals surface area contributed by atoms with Crippen LogP contribution in [-0.2, 0) is 19.6 Å². The lowest BCUT2D eigenvalue weighted by Crippen LogP contribution is -2.47. The quantitative estimate of drug-likeness (QED) is 0.441. The summed E-state index contributed by atoms with van der Waals surface area (Å²) in [7, 11) is -4.23. The van der Waals surface area contributed by atoms with Crippen LogP contribution >= 0.6 is 0 Å². The van der Waals surface area contributed by atoms with E-state index in [0.717, 1.165) is 22.4 Å². The van der Waals surface area contributed by atoms with Crippen molar-refractivity contribution < 1.29 is 22.9 Å². The van der Waals surface area contributed by atoms with Crippen molar-refractivity contribution in [3.63, 3.8) is 0 Å². The van der Waals surface area contributed by atoms with Gasteiger partial charge in [0.05, 0.1) is 28.7 Å². The molecule has 9 nitrogen and oxygen atoms in total. The minimum atomic E-state index is -4.23. The number of morpholine rings is 1. The maximum Gasteiger partial charge on any atom is 0.270 e. The molecule has 32 heavy (non-hydrogen) atoms. The van der Waals surface area contributed by atoms with Gasteiger partial charge in [-0.2, -0.15) is 0 Å². The summed E-state index contributed by atoms with van der Waals surface area (Å²) in [4.78, 5) is 24.7. The lowest BCUT2D eigenvalue weighted by molar-refractivity contribution is -0.385. The second kappa shape index (κ2) is 10.1. The van der Waals surface area contributed by atoms with E-state index in [1.165, 1.54) is 18.2 Å². The lowest BCUT2D eigenvalue weighted by Gasteiger charge is -2.30. The molecule has 10 heteroatoms. The van der Waals surface area contributed by atoms with E-state index in [-0.39, 0.29) is 16.5 Å². The first-order chi connectivity index (χ1) is 15.2. The van der Waals surface area contributed by atoms with E-state index in [9.17, 15) is 23.3 Å². The second-order valence-corrected chi connectivity index (χ2v) is 9.52. The third-order valence-electron chi connectivity index (χ3n) is 5.62. The van der Waals surface area contributed by atoms with E-state index in [4.69, 9.17) is 4.74 Å². The Hall–Kier alpha value is -2.98. The van der Waals surface area contributed by atoms with Gasteiger partial charge in [0.25, 0.3) is 15.7 Å². The zero-order chi connectivity index (χ0) is 23.3. The molecule has 1 aliphatic rings. The van der Waals surface area contributed by atoms with E-state index in [0.29, 0.717) is 37.9 Å². The highest BCUT2D eigenvalue weighted by Gasteiger charge is 2.30. The summed E-state index contributed by atoms with van der Waals surface area (Å²) in [5, 5.41) is 11.2. The highest BCUT2D eigenvalue weighted by atomic mass is 32.2. The van der Waals surface area contributed by atoms with Gasteiger partial charge in [-0.25, -0.2) is 8.42 Å². The van der Waals surface area contributed by atoms with Crippen molar-refractivity contribution in [2.24, 2.45) is 0 Å². The van der Waals surface area contributed by atoms with Gasteiger partial charge in [0.2, 0.25) is 5.91 Å². The molecular formula is C22H27N3O6S. The summed E-state index contributed by atoms with van der Waals surface area (Å²) in [5.41, 5.74) is 1.05. The fraction of sp³-hybridized carbons (Fsp3) is 0.409. The van der Waals surface area contributed by atoms with Gasteiger partial charge in [-0.15, -0.1) is 0 Å². The van der Waals surface area contributed by atoms with Crippen LogP contribution in [0.25, 0.3) is 0 Å². The number of carbonyl (C=O) groups excluding carboxylic acids is 1. The molecule has 2 aromatic carbocycles. The summed E-state index contributed by atoms with van der Waals surface area (Å²) >= 11 is 0. The molecule has 1 amide bonds. The van der Waals surface area contributed by atoms with E-state index < -0.39 is 21.5 Å². The summed E-state index contributed by atoms with van der Waals surface area (Å²) in [5.74, 6) is -0.0471. The first kappa shape index (κ1) is 23.7. The van der Waals surface area contributed by atoms with Gasteiger partial charge in [-0.05, 0) is 36.1 Å². The number of benzene rings is 2. The molecule has 1 aliphatic heterocycles. The van der Waals surface area contributed by atoms with E-state index >= 15 is 0 Å². The van der Waals surface area contributed by atoms with Gasteiger partial charge in [-0.1, -0.05) is 32.0 Å². The molecule has 0 spiro atoms. The number of hydrogen-bond acceptors (Lipinski definition) is 6. The molecule has 0 aliphatic carbocycles. The molecule has 1 heterocycles. The molecular weight excluding hydrogens is 434 g/mol. The summed E-state index contributed by atoms with van der Waals surface area (Å²) in [6.45, 7) is 5.30. The standard InChI is InChI=1S/C22H27N3O6S/c1-3-17(2)18-7-9-19(10-8-18)24(16-22(26)23-11-13-31-14-12-23)32(29,30)21-6-4-5-20(15-21)25(27)28/h4-10,15,17H,3,11-14,16H2,1-2H3/t17-/m1/s1. The fourth-order valence-corrected chi connectivity index (χ4v) is 4.89. The average molecular weight is 462 g/mol. The molecule has 2 aromatic rings. The molecule has 3 rings (SSSR count). The SMILES string of the molecule is CC[C@@H](C)c1ccc(N(CC(=O)N2CCOCC2)S(=O)(=O)c2cccc([N+](=O)[O-])c2)cc1. The Morgan fingerprint density at radius 1 is 1.19 bits per heavy atom. The predicted molar refractivity (Wildman–Crippen MR) is 120 cm³/mol. The van der Waals surface area contributed by atoms with Crippen molar-refractivity contribution in [2.75, 3.05) is 37.2 Å². The highest BCUT2D eigenvalue weighted by Crippen LogP contribution is 2.28. The minimum Gasteiger partial charge on any atom is -0.378 e. The molecule has 0 N–H and O–H groups in total. The zero-order valence-electron chi connectivity index (χ0n) is 18.1. The minimum absolute atomic E-state index is 0.243. The number of nitro groups is 1. The predicted octanol–water partition coefficient (Wildman–Crippen LogP) is 3.16. The van der Waals surface area contributed by atoms with Crippen LogP contribution in [0.3, 0.4) is 0 Å². The third kappa shape index (κ3) is 5.25. The van der Waals surface area contributed by atoms with Crippen molar-refractivity contribution in [2.45, 2.75) is 31.1 Å². The molecule has 0 unspecified atom stereocenters. The van der Waals surface area contributed by atoms with Gasteiger partial charge in [0, 0.05) is 25.2 Å². The fourth-order valence-electron chi connectivity index (χ4n) is 3.44. The average Bonchev–Trinajstić information content (AvgIpc) is 2.82. The summed E-state index contributed by atoms with van der Waals surface area (Å²) in [6.07, 6.45) is 0.935. The largest absolute Gasteiger partial charge is 0.378 e. The van der Waals surface area contributed by atoms with Gasteiger partial charge in [0.15, 0.2) is 0 Å². The monoisotopic (exact) mass is 461 g/mol. The molecule has 1 fully saturated rings. The number of ether oxygens (including phenoxy) is 1. The Kier molecular flexibility index (Phi) is 7.47. The van der Waals surface area contributed by atoms with Crippen LogP contribution in [0.1, 0.15) is 31.7 Å². The Morgan fingerprint density at radius 3 is 2.44 bits per heavy atom. The number of amides is 1. The molecule has 172 valence electrons. The van der Waals surface area contributed by atoms with Crippen LogP contribution in [0.15, 0.2) is 53.4 Å². The van der Waals surface area contributed by atoms with Crippen molar-refractivity contribution in [3.8, 4) is 0 Å². The van der Waals surface area contributed by atoms with Crippen molar-refractivity contribution in [1.82, 2.24) is 4.90 Å². The van der Waals surface area contributed by atoms with Crippen molar-refractivity contribution >= 4 is 27.3 Å².